The summed E-state index contributed by atoms with van der Waals surface area (Å²) in [7, 11) is 0. The Bertz CT molecular complexity index is 638. The van der Waals surface area contributed by atoms with E-state index in [1.165, 1.54) is 0 Å². The van der Waals surface area contributed by atoms with Gasteiger partial charge in [0.25, 0.3) is 5.56 Å². The van der Waals surface area contributed by atoms with E-state index in [-0.39, 0.29) is 5.56 Å². The summed E-state index contributed by atoms with van der Waals surface area (Å²) in [6, 6.07) is 3.69. The molecular weight excluding hydrogens is 284 g/mol. The predicted octanol–water partition coefficient (Wildman–Crippen LogP) is 1.20. The molecule has 0 atom stereocenters. The number of aromatic amines is 1. The Labute approximate surface area is 105 Å². The van der Waals surface area contributed by atoms with Crippen molar-refractivity contribution in [2.75, 3.05) is 0 Å². The Morgan fingerprint density at radius 1 is 1.35 bits per heavy atom. The molecule has 0 aliphatic carbocycles. The smallest absolute Gasteiger partial charge is 0.256 e. The molecule has 2 aromatic heterocycles. The number of fused-ring (bicyclic) bond motifs is 1. The highest BCUT2D eigenvalue weighted by Crippen LogP contribution is 2.22. The summed E-state index contributed by atoms with van der Waals surface area (Å²) in [4.78, 5) is 23.3. The fraction of sp³-hybridized carbons (Fsp3) is 0.182. The van der Waals surface area contributed by atoms with Crippen LogP contribution < -0.4 is 10.9 Å². The van der Waals surface area contributed by atoms with Crippen LogP contribution in [0, 0.1) is 0 Å². The number of nitrogens with zero attached hydrogens (tertiary/aromatic N) is 2. The molecule has 17 heavy (non-hydrogen) atoms. The van der Waals surface area contributed by atoms with Gasteiger partial charge in [-0.05, 0) is 28.1 Å². The van der Waals surface area contributed by atoms with Crippen LogP contribution in [0.25, 0.3) is 11.5 Å². The normalized spacial score (nSPS) is 13.7. The molecule has 0 amide bonds. The van der Waals surface area contributed by atoms with Crippen molar-refractivity contribution in [1.82, 2.24) is 20.3 Å². The van der Waals surface area contributed by atoms with Crippen molar-refractivity contribution in [2.24, 2.45) is 0 Å². The number of pyridine rings is 1. The van der Waals surface area contributed by atoms with E-state index in [9.17, 15) is 4.79 Å². The molecule has 0 unspecified atom stereocenters. The van der Waals surface area contributed by atoms with Gasteiger partial charge in [-0.1, -0.05) is 0 Å². The zero-order chi connectivity index (χ0) is 11.8. The molecule has 2 N–H and O–H groups in total. The van der Waals surface area contributed by atoms with Gasteiger partial charge < -0.3 is 10.3 Å². The molecule has 86 valence electrons. The maximum atomic E-state index is 11.8. The summed E-state index contributed by atoms with van der Waals surface area (Å²) in [5.74, 6) is 0.505. The minimum absolute atomic E-state index is 0.0902. The van der Waals surface area contributed by atoms with Gasteiger partial charge in [0.2, 0.25) is 0 Å². The molecule has 6 heteroatoms. The van der Waals surface area contributed by atoms with Crippen molar-refractivity contribution in [2.45, 2.75) is 13.1 Å². The SMILES string of the molecule is O=c1[nH]c(-c2ncccc2Br)nc2c1CNC2. The van der Waals surface area contributed by atoms with Gasteiger partial charge in [-0.2, -0.15) is 0 Å². The molecule has 2 aromatic rings. The third kappa shape index (κ3) is 1.79. The Morgan fingerprint density at radius 2 is 2.24 bits per heavy atom. The van der Waals surface area contributed by atoms with Crippen LogP contribution >= 0.6 is 15.9 Å². The standard InChI is InChI=1S/C11H9BrN4O/c12-7-2-1-3-14-9(7)10-15-8-5-13-4-6(8)11(17)16-10/h1-3,13H,4-5H2,(H,15,16,17). The molecule has 1 aliphatic rings. The highest BCUT2D eigenvalue weighted by molar-refractivity contribution is 9.10. The molecule has 0 bridgehead atoms. The van der Waals surface area contributed by atoms with Crippen molar-refractivity contribution in [1.29, 1.82) is 0 Å². The lowest BCUT2D eigenvalue weighted by atomic mass is 10.2. The van der Waals surface area contributed by atoms with Gasteiger partial charge >= 0.3 is 0 Å². The molecule has 0 saturated heterocycles. The first-order valence-electron chi connectivity index (χ1n) is 5.19. The number of rotatable bonds is 1. The van der Waals surface area contributed by atoms with E-state index in [1.54, 1.807) is 6.20 Å². The quantitative estimate of drug-likeness (QED) is 0.829. The second-order valence-corrected chi connectivity index (χ2v) is 4.63. The third-order valence-electron chi connectivity index (χ3n) is 2.68. The van der Waals surface area contributed by atoms with E-state index in [0.717, 1.165) is 15.7 Å². The van der Waals surface area contributed by atoms with Crippen LogP contribution in [0.1, 0.15) is 11.3 Å². The highest BCUT2D eigenvalue weighted by Gasteiger charge is 2.18. The minimum Gasteiger partial charge on any atom is -0.307 e. The number of halogens is 1. The van der Waals surface area contributed by atoms with E-state index in [2.05, 4.69) is 36.2 Å². The Morgan fingerprint density at radius 3 is 3.06 bits per heavy atom. The molecule has 1 aliphatic heterocycles. The Hall–Kier alpha value is -1.53. The molecule has 0 fully saturated rings. The lowest BCUT2D eigenvalue weighted by molar-refractivity contribution is 0.757. The van der Waals surface area contributed by atoms with E-state index in [4.69, 9.17) is 0 Å². The zero-order valence-electron chi connectivity index (χ0n) is 8.83. The Kier molecular flexibility index (Phi) is 2.53. The number of hydrogen-bond donors (Lipinski definition) is 2. The lowest BCUT2D eigenvalue weighted by Crippen LogP contribution is -2.16. The monoisotopic (exact) mass is 292 g/mol. The Balaban J connectivity index is 2.20. The maximum absolute atomic E-state index is 11.8. The third-order valence-corrected chi connectivity index (χ3v) is 3.32. The summed E-state index contributed by atoms with van der Waals surface area (Å²) in [5, 5.41) is 3.11. The van der Waals surface area contributed by atoms with Crippen LogP contribution in [0.15, 0.2) is 27.6 Å². The molecule has 5 nitrogen and oxygen atoms in total. The van der Waals surface area contributed by atoms with Crippen LogP contribution in [0.5, 0.6) is 0 Å². The molecule has 0 radical (unpaired) electrons. The van der Waals surface area contributed by atoms with Gasteiger partial charge in [0.05, 0.1) is 11.3 Å². The molecule has 3 heterocycles. The van der Waals surface area contributed by atoms with E-state index in [1.807, 2.05) is 12.1 Å². The molecular formula is C11H9BrN4O. The topological polar surface area (TPSA) is 70.7 Å². The second-order valence-electron chi connectivity index (χ2n) is 3.78. The predicted molar refractivity (Wildman–Crippen MR) is 66.3 cm³/mol. The molecule has 0 spiro atoms. The lowest BCUT2D eigenvalue weighted by Gasteiger charge is -2.04. The summed E-state index contributed by atoms with van der Waals surface area (Å²) in [5.41, 5.74) is 2.09. The number of H-pyrrole nitrogens is 1. The molecule has 0 saturated carbocycles. The average molecular weight is 293 g/mol. The van der Waals surface area contributed by atoms with Crippen LogP contribution in [0.3, 0.4) is 0 Å². The number of hydrogen-bond acceptors (Lipinski definition) is 4. The van der Waals surface area contributed by atoms with Crippen molar-refractivity contribution in [3.63, 3.8) is 0 Å². The van der Waals surface area contributed by atoms with Gasteiger partial charge in [0.15, 0.2) is 5.82 Å². The van der Waals surface area contributed by atoms with E-state index in [0.29, 0.717) is 24.6 Å². The van der Waals surface area contributed by atoms with E-state index >= 15 is 0 Å². The highest BCUT2D eigenvalue weighted by atomic mass is 79.9. The zero-order valence-corrected chi connectivity index (χ0v) is 10.4. The van der Waals surface area contributed by atoms with Gasteiger partial charge in [0, 0.05) is 23.8 Å². The van der Waals surface area contributed by atoms with Crippen molar-refractivity contribution >= 4 is 15.9 Å². The van der Waals surface area contributed by atoms with Crippen molar-refractivity contribution in [3.8, 4) is 11.5 Å². The molecule has 0 aromatic carbocycles. The summed E-state index contributed by atoms with van der Waals surface area (Å²) in [6.07, 6.45) is 1.67. The summed E-state index contributed by atoms with van der Waals surface area (Å²) >= 11 is 3.40. The van der Waals surface area contributed by atoms with Gasteiger partial charge in [0.1, 0.15) is 5.69 Å². The summed E-state index contributed by atoms with van der Waals surface area (Å²) in [6.45, 7) is 1.22. The van der Waals surface area contributed by atoms with Gasteiger partial charge in [-0.3, -0.25) is 9.78 Å². The van der Waals surface area contributed by atoms with Crippen molar-refractivity contribution in [3.05, 3.63) is 44.4 Å². The minimum atomic E-state index is -0.0902. The molecule has 3 rings (SSSR count). The fourth-order valence-electron chi connectivity index (χ4n) is 1.85. The van der Waals surface area contributed by atoms with Crippen LogP contribution in [0.4, 0.5) is 0 Å². The van der Waals surface area contributed by atoms with Crippen LogP contribution in [0.2, 0.25) is 0 Å². The van der Waals surface area contributed by atoms with Gasteiger partial charge in [-0.15, -0.1) is 0 Å². The van der Waals surface area contributed by atoms with Crippen LogP contribution in [-0.2, 0) is 13.1 Å². The average Bonchev–Trinajstić information content (AvgIpc) is 2.78. The maximum Gasteiger partial charge on any atom is 0.256 e. The largest absolute Gasteiger partial charge is 0.307 e. The van der Waals surface area contributed by atoms with Gasteiger partial charge in [-0.25, -0.2) is 4.98 Å². The number of nitrogens with one attached hydrogen (secondary N) is 2. The van der Waals surface area contributed by atoms with Crippen molar-refractivity contribution < 1.29 is 0 Å². The van der Waals surface area contributed by atoms with Crippen LogP contribution in [-0.4, -0.2) is 15.0 Å². The van der Waals surface area contributed by atoms with E-state index < -0.39 is 0 Å². The first kappa shape index (κ1) is 10.6. The number of aromatic nitrogens is 3. The first-order valence-corrected chi connectivity index (χ1v) is 5.98. The second kappa shape index (κ2) is 4.05. The first-order chi connectivity index (χ1) is 8.25. The fourth-order valence-corrected chi connectivity index (χ4v) is 2.29. The summed E-state index contributed by atoms with van der Waals surface area (Å²) < 4.78 is 0.814.